The molecule has 2 aromatic rings. The van der Waals surface area contributed by atoms with Gasteiger partial charge >= 0.3 is 12.6 Å². The van der Waals surface area contributed by atoms with Crippen LogP contribution < -0.4 is 10.1 Å². The number of aryl methyl sites for hydroxylation is 1. The van der Waals surface area contributed by atoms with E-state index in [9.17, 15) is 18.4 Å². The molecule has 132 valence electrons. The van der Waals surface area contributed by atoms with Gasteiger partial charge < -0.3 is 14.8 Å². The first kappa shape index (κ1) is 18.4. The Morgan fingerprint density at radius 1 is 1.08 bits per heavy atom. The number of para-hydroxylation sites is 2. The lowest BCUT2D eigenvalue weighted by atomic mass is 10.0. The summed E-state index contributed by atoms with van der Waals surface area (Å²) in [4.78, 5) is 24.0. The van der Waals surface area contributed by atoms with Crippen LogP contribution in [0.5, 0.6) is 5.75 Å². The first-order valence-electron chi connectivity index (χ1n) is 7.45. The second-order valence-corrected chi connectivity index (χ2v) is 5.25. The summed E-state index contributed by atoms with van der Waals surface area (Å²) in [5.74, 6) is -1.47. The van der Waals surface area contributed by atoms with Crippen molar-refractivity contribution >= 4 is 17.6 Å². The van der Waals surface area contributed by atoms with Gasteiger partial charge in [-0.15, -0.1) is 0 Å². The van der Waals surface area contributed by atoms with Gasteiger partial charge in [0.25, 0.3) is 5.91 Å². The summed E-state index contributed by atoms with van der Waals surface area (Å²) >= 11 is 0. The molecule has 2 aromatic carbocycles. The fourth-order valence-corrected chi connectivity index (χ4v) is 2.14. The number of anilines is 1. The number of rotatable bonds is 6. The van der Waals surface area contributed by atoms with Crippen LogP contribution in [0.2, 0.25) is 0 Å². The lowest BCUT2D eigenvalue weighted by Crippen LogP contribution is -2.22. The molecule has 1 amide bonds. The number of hydrogen-bond donors (Lipinski definition) is 1. The minimum Gasteiger partial charge on any atom is -0.452 e. The molecule has 7 heteroatoms. The molecule has 2 rings (SSSR count). The van der Waals surface area contributed by atoms with Crippen LogP contribution in [0.25, 0.3) is 0 Å². The Labute approximate surface area is 143 Å². The summed E-state index contributed by atoms with van der Waals surface area (Å²) in [6, 6.07) is 10.9. The van der Waals surface area contributed by atoms with Crippen LogP contribution in [0.4, 0.5) is 14.5 Å². The van der Waals surface area contributed by atoms with E-state index in [1.165, 1.54) is 18.2 Å². The number of alkyl halides is 2. The average molecular weight is 349 g/mol. The molecule has 0 saturated heterocycles. The highest BCUT2D eigenvalue weighted by atomic mass is 19.3. The fourth-order valence-electron chi connectivity index (χ4n) is 2.14. The maximum atomic E-state index is 12.3. The third-order valence-electron chi connectivity index (χ3n) is 3.54. The van der Waals surface area contributed by atoms with Crippen molar-refractivity contribution in [1.82, 2.24) is 0 Å². The molecule has 0 saturated carbocycles. The molecular weight excluding hydrogens is 332 g/mol. The number of hydrogen-bond acceptors (Lipinski definition) is 4. The first-order chi connectivity index (χ1) is 11.9. The van der Waals surface area contributed by atoms with E-state index in [2.05, 4.69) is 10.1 Å². The van der Waals surface area contributed by atoms with Crippen molar-refractivity contribution in [2.24, 2.45) is 0 Å². The normalized spacial score (nSPS) is 10.4. The van der Waals surface area contributed by atoms with Gasteiger partial charge in [-0.05, 0) is 43.2 Å². The Hall–Kier alpha value is -2.96. The van der Waals surface area contributed by atoms with Gasteiger partial charge in [-0.3, -0.25) is 4.79 Å². The van der Waals surface area contributed by atoms with Crippen LogP contribution in [0.1, 0.15) is 21.5 Å². The minimum atomic E-state index is -3.01. The minimum absolute atomic E-state index is 0.0654. The number of amides is 1. The largest absolute Gasteiger partial charge is 0.452 e. The summed E-state index contributed by atoms with van der Waals surface area (Å²) < 4.78 is 34.0. The van der Waals surface area contributed by atoms with Gasteiger partial charge in [0.1, 0.15) is 5.75 Å². The summed E-state index contributed by atoms with van der Waals surface area (Å²) in [5, 5.41) is 2.37. The molecule has 0 fully saturated rings. The monoisotopic (exact) mass is 349 g/mol. The quantitative estimate of drug-likeness (QED) is 0.808. The number of nitrogens with one attached hydrogen (secondary N) is 1. The standard InChI is InChI=1S/C18H17F2NO4/c1-11-6-5-7-13(12(11)2)17(23)24-10-16(22)21-14-8-3-4-9-15(14)25-18(19)20/h3-9,18H,10H2,1-2H3,(H,21,22). The van der Waals surface area contributed by atoms with Crippen molar-refractivity contribution < 1.29 is 27.8 Å². The Morgan fingerprint density at radius 3 is 2.52 bits per heavy atom. The van der Waals surface area contributed by atoms with Crippen molar-refractivity contribution in [3.63, 3.8) is 0 Å². The van der Waals surface area contributed by atoms with Crippen LogP contribution in [0, 0.1) is 13.8 Å². The third kappa shape index (κ3) is 5.00. The van der Waals surface area contributed by atoms with Gasteiger partial charge in [0.15, 0.2) is 6.61 Å². The molecule has 1 N–H and O–H groups in total. The molecule has 0 aromatic heterocycles. The van der Waals surface area contributed by atoms with Crippen molar-refractivity contribution in [3.05, 3.63) is 59.2 Å². The lowest BCUT2D eigenvalue weighted by molar-refractivity contribution is -0.119. The topological polar surface area (TPSA) is 64.6 Å². The average Bonchev–Trinajstić information content (AvgIpc) is 2.56. The Balaban J connectivity index is 1.97. The van der Waals surface area contributed by atoms with E-state index in [1.807, 2.05) is 13.0 Å². The van der Waals surface area contributed by atoms with Gasteiger partial charge in [0.05, 0.1) is 11.3 Å². The molecule has 5 nitrogen and oxygen atoms in total. The lowest BCUT2D eigenvalue weighted by Gasteiger charge is -2.12. The van der Waals surface area contributed by atoms with Gasteiger partial charge in [0.2, 0.25) is 0 Å². The molecule has 0 bridgehead atoms. The second-order valence-electron chi connectivity index (χ2n) is 5.25. The van der Waals surface area contributed by atoms with E-state index in [1.54, 1.807) is 25.1 Å². The van der Waals surface area contributed by atoms with Crippen molar-refractivity contribution in [2.75, 3.05) is 11.9 Å². The van der Waals surface area contributed by atoms with Gasteiger partial charge in [-0.1, -0.05) is 24.3 Å². The smallest absolute Gasteiger partial charge is 0.387 e. The van der Waals surface area contributed by atoms with Crippen LogP contribution >= 0.6 is 0 Å². The first-order valence-corrected chi connectivity index (χ1v) is 7.45. The van der Waals surface area contributed by atoms with E-state index in [-0.39, 0.29) is 11.4 Å². The van der Waals surface area contributed by atoms with Crippen LogP contribution in [0.15, 0.2) is 42.5 Å². The van der Waals surface area contributed by atoms with Crippen molar-refractivity contribution in [2.45, 2.75) is 20.5 Å². The Kier molecular flexibility index (Phi) is 6.05. The van der Waals surface area contributed by atoms with E-state index >= 15 is 0 Å². The maximum absolute atomic E-state index is 12.3. The molecule has 25 heavy (non-hydrogen) atoms. The molecule has 0 aliphatic heterocycles. The highest BCUT2D eigenvalue weighted by Crippen LogP contribution is 2.25. The zero-order valence-corrected chi connectivity index (χ0v) is 13.7. The van der Waals surface area contributed by atoms with E-state index in [4.69, 9.17) is 4.74 Å². The molecule has 0 aliphatic rings. The van der Waals surface area contributed by atoms with E-state index in [0.717, 1.165) is 11.1 Å². The molecule has 0 radical (unpaired) electrons. The molecular formula is C18H17F2NO4. The molecule has 0 heterocycles. The van der Waals surface area contributed by atoms with Gasteiger partial charge in [0, 0.05) is 0 Å². The number of ether oxygens (including phenoxy) is 2. The highest BCUT2D eigenvalue weighted by Gasteiger charge is 2.15. The zero-order chi connectivity index (χ0) is 18.4. The molecule has 0 spiro atoms. The van der Waals surface area contributed by atoms with Crippen LogP contribution in [-0.4, -0.2) is 25.1 Å². The summed E-state index contributed by atoms with van der Waals surface area (Å²) in [5.41, 5.74) is 2.13. The SMILES string of the molecule is Cc1cccc(C(=O)OCC(=O)Nc2ccccc2OC(F)F)c1C. The van der Waals surface area contributed by atoms with Crippen LogP contribution in [0.3, 0.4) is 0 Å². The predicted molar refractivity (Wildman–Crippen MR) is 87.9 cm³/mol. The molecule has 0 atom stereocenters. The number of benzene rings is 2. The molecule has 0 unspecified atom stereocenters. The predicted octanol–water partition coefficient (Wildman–Crippen LogP) is 3.70. The van der Waals surface area contributed by atoms with E-state index < -0.39 is 25.1 Å². The number of esters is 1. The zero-order valence-electron chi connectivity index (χ0n) is 13.7. The Morgan fingerprint density at radius 2 is 1.80 bits per heavy atom. The molecule has 0 aliphatic carbocycles. The van der Waals surface area contributed by atoms with Gasteiger partial charge in [-0.25, -0.2) is 4.79 Å². The number of carbonyl (C=O) groups excluding carboxylic acids is 2. The maximum Gasteiger partial charge on any atom is 0.387 e. The summed E-state index contributed by atoms with van der Waals surface area (Å²) in [6.07, 6.45) is 0. The van der Waals surface area contributed by atoms with Crippen LogP contribution in [-0.2, 0) is 9.53 Å². The summed E-state index contributed by atoms with van der Waals surface area (Å²) in [7, 11) is 0. The van der Waals surface area contributed by atoms with Gasteiger partial charge in [-0.2, -0.15) is 8.78 Å². The van der Waals surface area contributed by atoms with Crippen molar-refractivity contribution in [3.8, 4) is 5.75 Å². The van der Waals surface area contributed by atoms with Crippen molar-refractivity contribution in [1.29, 1.82) is 0 Å². The Bertz CT molecular complexity index is 777. The summed E-state index contributed by atoms with van der Waals surface area (Å²) in [6.45, 7) is 0.0814. The second kappa shape index (κ2) is 8.23. The fraction of sp³-hybridized carbons (Fsp3) is 0.222. The van der Waals surface area contributed by atoms with E-state index in [0.29, 0.717) is 5.56 Å². The number of carbonyl (C=O) groups is 2. The number of halogens is 2. The highest BCUT2D eigenvalue weighted by molar-refractivity contribution is 5.97. The third-order valence-corrected chi connectivity index (χ3v) is 3.54.